The van der Waals surface area contributed by atoms with Gasteiger partial charge in [-0.2, -0.15) is 0 Å². The topological polar surface area (TPSA) is 108 Å². The van der Waals surface area contributed by atoms with E-state index in [0.29, 0.717) is 31.8 Å². The van der Waals surface area contributed by atoms with Gasteiger partial charge in [0.05, 0.1) is 0 Å². The summed E-state index contributed by atoms with van der Waals surface area (Å²) in [6.45, 7) is 9.29. The van der Waals surface area contributed by atoms with Crippen molar-refractivity contribution in [2.75, 3.05) is 6.54 Å². The lowest BCUT2D eigenvalue weighted by Crippen LogP contribution is -2.57. The summed E-state index contributed by atoms with van der Waals surface area (Å²) in [6, 6.07) is 13.8. The highest BCUT2D eigenvalue weighted by Crippen LogP contribution is 2.24. The molecule has 0 radical (unpaired) electrons. The number of phenolic OH excluding ortho intramolecular Hbond substituents is 1. The molecule has 0 saturated carbocycles. The quantitative estimate of drug-likeness (QED) is 0.354. The van der Waals surface area contributed by atoms with Crippen LogP contribution in [0.15, 0.2) is 48.5 Å². The molecule has 1 aliphatic heterocycles. The lowest BCUT2D eigenvalue weighted by atomic mass is 10.0. The van der Waals surface area contributed by atoms with Gasteiger partial charge in [0.1, 0.15) is 24.6 Å². The molecule has 2 atom stereocenters. The van der Waals surface area contributed by atoms with E-state index in [1.807, 2.05) is 55.1 Å². The number of hydrogen-bond acceptors (Lipinski definition) is 6. The van der Waals surface area contributed by atoms with Crippen molar-refractivity contribution in [2.24, 2.45) is 11.8 Å². The number of rotatable bonds is 12. The summed E-state index contributed by atoms with van der Waals surface area (Å²) in [4.78, 5) is 41.7. The maximum atomic E-state index is 13.6. The predicted molar refractivity (Wildman–Crippen MR) is 151 cm³/mol. The Morgan fingerprint density at radius 3 is 2.41 bits per heavy atom. The predicted octanol–water partition coefficient (Wildman–Crippen LogP) is 4.93. The average molecular weight is 538 g/mol. The van der Waals surface area contributed by atoms with Crippen LogP contribution in [0.4, 0.5) is 4.79 Å². The zero-order valence-electron chi connectivity index (χ0n) is 23.6. The Kier molecular flexibility index (Phi) is 11.3. The lowest BCUT2D eigenvalue weighted by Gasteiger charge is -2.32. The van der Waals surface area contributed by atoms with Gasteiger partial charge in [-0.3, -0.25) is 14.5 Å². The summed E-state index contributed by atoms with van der Waals surface area (Å²) < 4.78 is 5.36. The molecule has 1 aliphatic rings. The standard InChI is InChI=1S/C31H43N3O5/c1-21(2)12-15-28(36)29(34-16-8-11-24-18-26(35)14-13-25(24)19-34)33-30(37)27(17-22(3)4)32-31(38)39-20-23-9-6-5-7-10-23/h5-7,9-10,13-14,18,21-22,27,29,35H,8,11-12,15-17,19-20H2,1-4H3,(H,32,38)(H,33,37)/t27-,29?/m0/s1. The number of aryl methyl sites for hydroxylation is 1. The molecule has 1 unspecified atom stereocenters. The molecule has 0 saturated heterocycles. The largest absolute Gasteiger partial charge is 0.508 e. The number of carbonyl (C=O) groups is 3. The minimum Gasteiger partial charge on any atom is -0.508 e. The lowest BCUT2D eigenvalue weighted by molar-refractivity contribution is -0.133. The maximum absolute atomic E-state index is 13.6. The Hall–Kier alpha value is -3.39. The first-order valence-electron chi connectivity index (χ1n) is 14.0. The van der Waals surface area contributed by atoms with E-state index in [4.69, 9.17) is 4.74 Å². The van der Waals surface area contributed by atoms with Crippen LogP contribution in [0.3, 0.4) is 0 Å². The molecule has 8 heteroatoms. The van der Waals surface area contributed by atoms with Crippen LogP contribution in [0.25, 0.3) is 0 Å². The monoisotopic (exact) mass is 537 g/mol. The van der Waals surface area contributed by atoms with Gasteiger partial charge in [0, 0.05) is 19.5 Å². The fraction of sp³-hybridized carbons (Fsp3) is 0.516. The molecule has 0 aliphatic carbocycles. The van der Waals surface area contributed by atoms with E-state index in [2.05, 4.69) is 24.5 Å². The number of benzene rings is 2. The molecule has 39 heavy (non-hydrogen) atoms. The third-order valence-corrected chi connectivity index (χ3v) is 6.90. The van der Waals surface area contributed by atoms with Crippen LogP contribution < -0.4 is 10.6 Å². The van der Waals surface area contributed by atoms with Gasteiger partial charge in [0.2, 0.25) is 5.91 Å². The summed E-state index contributed by atoms with van der Waals surface area (Å²) >= 11 is 0. The van der Waals surface area contributed by atoms with Gasteiger partial charge in [0.25, 0.3) is 0 Å². The molecule has 8 nitrogen and oxygen atoms in total. The number of phenols is 1. The number of ketones is 1. The van der Waals surface area contributed by atoms with Gasteiger partial charge in [-0.1, -0.05) is 64.1 Å². The maximum Gasteiger partial charge on any atom is 0.408 e. The van der Waals surface area contributed by atoms with E-state index < -0.39 is 24.2 Å². The summed E-state index contributed by atoms with van der Waals surface area (Å²) in [5.74, 6) is 0.255. The number of amides is 2. The summed E-state index contributed by atoms with van der Waals surface area (Å²) in [5, 5.41) is 15.6. The second kappa shape index (κ2) is 14.7. The smallest absolute Gasteiger partial charge is 0.408 e. The van der Waals surface area contributed by atoms with Gasteiger partial charge >= 0.3 is 6.09 Å². The number of nitrogens with zero attached hydrogens (tertiary/aromatic N) is 1. The Labute approximate surface area is 232 Å². The summed E-state index contributed by atoms with van der Waals surface area (Å²) in [7, 11) is 0. The van der Waals surface area contributed by atoms with E-state index >= 15 is 0 Å². The van der Waals surface area contributed by atoms with Gasteiger partial charge in [-0.05, 0) is 66.3 Å². The van der Waals surface area contributed by atoms with E-state index in [9.17, 15) is 19.5 Å². The zero-order chi connectivity index (χ0) is 28.4. The second-order valence-corrected chi connectivity index (χ2v) is 11.2. The van der Waals surface area contributed by atoms with Crippen LogP contribution in [0, 0.1) is 11.8 Å². The summed E-state index contributed by atoms with van der Waals surface area (Å²) in [6.07, 6.45) is 1.57. The Balaban J connectivity index is 1.75. The molecule has 0 fully saturated rings. The molecule has 2 aromatic rings. The zero-order valence-corrected chi connectivity index (χ0v) is 23.6. The Morgan fingerprint density at radius 1 is 0.974 bits per heavy atom. The van der Waals surface area contributed by atoms with Crippen molar-refractivity contribution in [3.05, 3.63) is 65.2 Å². The highest BCUT2D eigenvalue weighted by atomic mass is 16.5. The fourth-order valence-electron chi connectivity index (χ4n) is 4.78. The van der Waals surface area contributed by atoms with Gasteiger partial charge in [0.15, 0.2) is 5.78 Å². The number of aromatic hydroxyl groups is 1. The minimum atomic E-state index is -0.843. The molecular weight excluding hydrogens is 494 g/mol. The average Bonchev–Trinajstić information content (AvgIpc) is 3.10. The number of nitrogens with one attached hydrogen (secondary N) is 2. The molecule has 2 aromatic carbocycles. The first-order chi connectivity index (χ1) is 18.6. The van der Waals surface area contributed by atoms with Crippen molar-refractivity contribution in [1.82, 2.24) is 15.5 Å². The van der Waals surface area contributed by atoms with Crippen molar-refractivity contribution in [2.45, 2.75) is 85.2 Å². The fourth-order valence-corrected chi connectivity index (χ4v) is 4.78. The van der Waals surface area contributed by atoms with Crippen LogP contribution in [-0.2, 0) is 33.9 Å². The SMILES string of the molecule is CC(C)CCC(=O)C(NC(=O)[C@H](CC(C)C)NC(=O)OCc1ccccc1)N1CCCc2cc(O)ccc2C1. The molecule has 0 aromatic heterocycles. The van der Waals surface area contributed by atoms with Gasteiger partial charge < -0.3 is 20.5 Å². The Bertz CT molecular complexity index is 1100. The molecule has 212 valence electrons. The normalized spacial score (nSPS) is 15.2. The Morgan fingerprint density at radius 2 is 1.72 bits per heavy atom. The van der Waals surface area contributed by atoms with Crippen LogP contribution in [0.5, 0.6) is 5.75 Å². The summed E-state index contributed by atoms with van der Waals surface area (Å²) in [5.41, 5.74) is 2.93. The number of hydrogen-bond donors (Lipinski definition) is 3. The first-order valence-corrected chi connectivity index (χ1v) is 14.0. The second-order valence-electron chi connectivity index (χ2n) is 11.2. The molecule has 1 heterocycles. The van der Waals surface area contributed by atoms with Crippen molar-refractivity contribution in [3.63, 3.8) is 0 Å². The number of ether oxygens (including phenoxy) is 1. The van der Waals surface area contributed by atoms with Gasteiger partial charge in [-0.25, -0.2) is 4.79 Å². The third-order valence-electron chi connectivity index (χ3n) is 6.90. The number of carbonyl (C=O) groups excluding carboxylic acids is 3. The molecule has 2 amide bonds. The van der Waals surface area contributed by atoms with E-state index in [1.54, 1.807) is 12.1 Å². The van der Waals surface area contributed by atoms with E-state index in [1.165, 1.54) is 0 Å². The van der Waals surface area contributed by atoms with Crippen LogP contribution in [0.2, 0.25) is 0 Å². The van der Waals surface area contributed by atoms with Crippen LogP contribution >= 0.6 is 0 Å². The third kappa shape index (κ3) is 9.70. The van der Waals surface area contributed by atoms with Gasteiger partial charge in [-0.15, -0.1) is 0 Å². The van der Waals surface area contributed by atoms with Crippen molar-refractivity contribution < 1.29 is 24.2 Å². The van der Waals surface area contributed by atoms with E-state index in [-0.39, 0.29) is 24.1 Å². The van der Waals surface area contributed by atoms with Crippen molar-refractivity contribution in [1.29, 1.82) is 0 Å². The van der Waals surface area contributed by atoms with Crippen molar-refractivity contribution in [3.8, 4) is 5.75 Å². The van der Waals surface area contributed by atoms with Crippen molar-refractivity contribution >= 4 is 17.8 Å². The highest BCUT2D eigenvalue weighted by Gasteiger charge is 2.32. The van der Waals surface area contributed by atoms with Crippen LogP contribution in [-0.4, -0.2) is 46.5 Å². The number of alkyl carbamates (subject to hydrolysis) is 1. The van der Waals surface area contributed by atoms with E-state index in [0.717, 1.165) is 36.0 Å². The molecule has 3 rings (SSSR count). The molecule has 0 bridgehead atoms. The molecule has 3 N–H and O–H groups in total. The number of fused-ring (bicyclic) bond motifs is 1. The molecular formula is C31H43N3O5. The first kappa shape index (κ1) is 30.2. The minimum absolute atomic E-state index is 0.0470. The number of Topliss-reactive ketones (excluding diaryl/α,β-unsaturated/α-hetero) is 1. The highest BCUT2D eigenvalue weighted by molar-refractivity contribution is 5.92. The molecule has 0 spiro atoms. The van der Waals surface area contributed by atoms with Crippen LogP contribution in [0.1, 0.15) is 70.1 Å².